The van der Waals surface area contributed by atoms with E-state index in [1.165, 1.54) is 11.3 Å². The Morgan fingerprint density at radius 1 is 1.19 bits per heavy atom. The molecule has 1 aliphatic heterocycles. The van der Waals surface area contributed by atoms with Crippen LogP contribution in [0, 0.1) is 0 Å². The molecule has 0 aromatic carbocycles. The smallest absolute Gasteiger partial charge is 0.263 e. The molecule has 1 saturated carbocycles. The molecule has 116 valence electrons. The Labute approximate surface area is 128 Å². The van der Waals surface area contributed by atoms with Crippen molar-refractivity contribution in [1.29, 1.82) is 0 Å². The van der Waals surface area contributed by atoms with E-state index >= 15 is 0 Å². The maximum atomic E-state index is 12.0. The van der Waals surface area contributed by atoms with Crippen LogP contribution in [0.3, 0.4) is 0 Å². The number of sulfone groups is 1. The molecule has 21 heavy (non-hydrogen) atoms. The molecular formula is C13H19N3O3S2. The highest BCUT2D eigenvalue weighted by Gasteiger charge is 2.27. The highest BCUT2D eigenvalue weighted by molar-refractivity contribution is 7.91. The van der Waals surface area contributed by atoms with Gasteiger partial charge in [0.15, 0.2) is 0 Å². The summed E-state index contributed by atoms with van der Waals surface area (Å²) in [6, 6.07) is 2.19. The molecular weight excluding hydrogens is 310 g/mol. The maximum absolute atomic E-state index is 12.0. The van der Waals surface area contributed by atoms with E-state index in [0.29, 0.717) is 29.4 Å². The average Bonchev–Trinajstić information content (AvgIpc) is 3.14. The van der Waals surface area contributed by atoms with Gasteiger partial charge in [-0.1, -0.05) is 0 Å². The van der Waals surface area contributed by atoms with Gasteiger partial charge in [0.25, 0.3) is 5.91 Å². The summed E-state index contributed by atoms with van der Waals surface area (Å²) in [6.45, 7) is 0. The van der Waals surface area contributed by atoms with Gasteiger partial charge in [-0.25, -0.2) is 8.42 Å². The molecule has 1 aromatic rings. The SMILES string of the molecule is Nc1cc(NC2CCS(=O)(=O)CC2)sc1C(=O)NC1CC1. The Kier molecular flexibility index (Phi) is 3.83. The number of amides is 1. The number of carbonyl (C=O) groups excluding carboxylic acids is 1. The highest BCUT2D eigenvalue weighted by Crippen LogP contribution is 2.32. The van der Waals surface area contributed by atoms with E-state index in [4.69, 9.17) is 5.73 Å². The molecule has 1 aliphatic carbocycles. The summed E-state index contributed by atoms with van der Waals surface area (Å²) < 4.78 is 22.8. The van der Waals surface area contributed by atoms with Crippen LogP contribution in [0.15, 0.2) is 6.07 Å². The van der Waals surface area contributed by atoms with Crippen LogP contribution < -0.4 is 16.4 Å². The van der Waals surface area contributed by atoms with Gasteiger partial charge in [0.2, 0.25) is 0 Å². The average molecular weight is 329 g/mol. The Balaban J connectivity index is 1.62. The maximum Gasteiger partial charge on any atom is 0.263 e. The molecule has 1 aromatic heterocycles. The Hall–Kier alpha value is -1.28. The number of carbonyl (C=O) groups is 1. The summed E-state index contributed by atoms with van der Waals surface area (Å²) in [5.74, 6) is 0.334. The predicted molar refractivity (Wildman–Crippen MR) is 84.5 cm³/mol. The van der Waals surface area contributed by atoms with E-state index in [1.807, 2.05) is 0 Å². The van der Waals surface area contributed by atoms with Crippen LogP contribution in [0.2, 0.25) is 0 Å². The van der Waals surface area contributed by atoms with Crippen LogP contribution in [-0.2, 0) is 9.84 Å². The first kappa shape index (κ1) is 14.6. The molecule has 0 radical (unpaired) electrons. The van der Waals surface area contributed by atoms with Gasteiger partial charge in [-0.15, -0.1) is 11.3 Å². The topological polar surface area (TPSA) is 101 Å². The van der Waals surface area contributed by atoms with Crippen LogP contribution in [-0.4, -0.2) is 37.9 Å². The molecule has 0 atom stereocenters. The van der Waals surface area contributed by atoms with E-state index in [9.17, 15) is 13.2 Å². The zero-order chi connectivity index (χ0) is 15.0. The number of rotatable bonds is 4. The molecule has 2 heterocycles. The number of hydrogen-bond donors (Lipinski definition) is 3. The van der Waals surface area contributed by atoms with Crippen molar-refractivity contribution in [3.63, 3.8) is 0 Å². The number of hydrogen-bond acceptors (Lipinski definition) is 6. The van der Waals surface area contributed by atoms with E-state index in [1.54, 1.807) is 6.07 Å². The molecule has 3 rings (SSSR count). The summed E-state index contributed by atoms with van der Waals surface area (Å²) >= 11 is 1.33. The number of nitrogens with two attached hydrogens (primary N) is 1. The van der Waals surface area contributed by atoms with Crippen molar-refractivity contribution >= 4 is 37.8 Å². The van der Waals surface area contributed by atoms with Gasteiger partial charge < -0.3 is 16.4 Å². The summed E-state index contributed by atoms with van der Waals surface area (Å²) in [4.78, 5) is 12.6. The third-order valence-corrected chi connectivity index (χ3v) is 6.58. The van der Waals surface area contributed by atoms with Crippen LogP contribution >= 0.6 is 11.3 Å². The van der Waals surface area contributed by atoms with Crippen LogP contribution in [0.25, 0.3) is 0 Å². The Morgan fingerprint density at radius 3 is 2.48 bits per heavy atom. The molecule has 2 aliphatic rings. The molecule has 4 N–H and O–H groups in total. The second-order valence-corrected chi connectivity index (χ2v) is 9.07. The van der Waals surface area contributed by atoms with Gasteiger partial charge in [-0.3, -0.25) is 4.79 Å². The van der Waals surface area contributed by atoms with Gasteiger partial charge in [0.05, 0.1) is 22.2 Å². The lowest BCUT2D eigenvalue weighted by Crippen LogP contribution is -2.31. The molecule has 8 heteroatoms. The van der Waals surface area contributed by atoms with Gasteiger partial charge in [0, 0.05) is 12.1 Å². The quantitative estimate of drug-likeness (QED) is 0.771. The van der Waals surface area contributed by atoms with Crippen molar-refractivity contribution in [2.45, 2.75) is 37.8 Å². The third-order valence-electron chi connectivity index (χ3n) is 3.78. The predicted octanol–water partition coefficient (Wildman–Crippen LogP) is 1.21. The third kappa shape index (κ3) is 3.68. The fourth-order valence-electron chi connectivity index (χ4n) is 2.37. The first-order valence-corrected chi connectivity index (χ1v) is 9.74. The van der Waals surface area contributed by atoms with Crippen molar-refractivity contribution < 1.29 is 13.2 Å². The number of nitrogen functional groups attached to an aromatic ring is 1. The van der Waals surface area contributed by atoms with Gasteiger partial charge >= 0.3 is 0 Å². The molecule has 1 saturated heterocycles. The lowest BCUT2D eigenvalue weighted by Gasteiger charge is -2.23. The first-order valence-electron chi connectivity index (χ1n) is 7.10. The fourth-order valence-corrected chi connectivity index (χ4v) is 4.82. The van der Waals surface area contributed by atoms with Crippen LogP contribution in [0.5, 0.6) is 0 Å². The summed E-state index contributed by atoms with van der Waals surface area (Å²) in [6.07, 6.45) is 3.28. The monoisotopic (exact) mass is 329 g/mol. The summed E-state index contributed by atoms with van der Waals surface area (Å²) in [5.41, 5.74) is 6.38. The Bertz CT molecular complexity index is 636. The largest absolute Gasteiger partial charge is 0.397 e. The zero-order valence-corrected chi connectivity index (χ0v) is 13.2. The zero-order valence-electron chi connectivity index (χ0n) is 11.6. The number of anilines is 2. The molecule has 0 spiro atoms. The minimum absolute atomic E-state index is 0.112. The standard InChI is InChI=1S/C13H19N3O3S2/c14-10-7-11(15-9-3-5-21(18,19)6-4-9)20-12(10)13(17)16-8-1-2-8/h7-9,15H,1-6,14H2,(H,16,17). The first-order chi connectivity index (χ1) is 9.93. The highest BCUT2D eigenvalue weighted by atomic mass is 32.2. The van der Waals surface area contributed by atoms with Crippen molar-refractivity contribution in [2.24, 2.45) is 0 Å². The lowest BCUT2D eigenvalue weighted by atomic mass is 10.1. The molecule has 6 nitrogen and oxygen atoms in total. The molecule has 1 amide bonds. The second-order valence-electron chi connectivity index (χ2n) is 5.71. The van der Waals surface area contributed by atoms with E-state index in [0.717, 1.165) is 17.8 Å². The number of nitrogens with one attached hydrogen (secondary N) is 2. The number of thiophene rings is 1. The van der Waals surface area contributed by atoms with Gasteiger partial charge in [-0.05, 0) is 31.7 Å². The molecule has 0 unspecified atom stereocenters. The lowest BCUT2D eigenvalue weighted by molar-refractivity contribution is 0.0956. The van der Waals surface area contributed by atoms with E-state index in [2.05, 4.69) is 10.6 Å². The molecule has 2 fully saturated rings. The van der Waals surface area contributed by atoms with Crippen molar-refractivity contribution in [3.8, 4) is 0 Å². The fraction of sp³-hybridized carbons (Fsp3) is 0.615. The van der Waals surface area contributed by atoms with Gasteiger partial charge in [-0.2, -0.15) is 0 Å². The van der Waals surface area contributed by atoms with E-state index in [-0.39, 0.29) is 23.5 Å². The summed E-state index contributed by atoms with van der Waals surface area (Å²) in [5, 5.41) is 7.05. The van der Waals surface area contributed by atoms with E-state index < -0.39 is 9.84 Å². The van der Waals surface area contributed by atoms with Crippen molar-refractivity contribution in [1.82, 2.24) is 5.32 Å². The normalized spacial score (nSPS) is 21.9. The van der Waals surface area contributed by atoms with Crippen LogP contribution in [0.4, 0.5) is 10.7 Å². The molecule has 0 bridgehead atoms. The van der Waals surface area contributed by atoms with Crippen molar-refractivity contribution in [3.05, 3.63) is 10.9 Å². The minimum Gasteiger partial charge on any atom is -0.397 e. The summed E-state index contributed by atoms with van der Waals surface area (Å²) in [7, 11) is -2.86. The minimum atomic E-state index is -2.86. The second kappa shape index (κ2) is 5.49. The Morgan fingerprint density at radius 2 is 1.86 bits per heavy atom. The van der Waals surface area contributed by atoms with Gasteiger partial charge in [0.1, 0.15) is 14.7 Å². The van der Waals surface area contributed by atoms with Crippen molar-refractivity contribution in [2.75, 3.05) is 22.6 Å². The van der Waals surface area contributed by atoms with Crippen LogP contribution in [0.1, 0.15) is 35.4 Å².